The highest BCUT2D eigenvalue weighted by Crippen LogP contribution is 2.27. The summed E-state index contributed by atoms with van der Waals surface area (Å²) in [6.45, 7) is 4.01. The Morgan fingerprint density at radius 3 is 2.65 bits per heavy atom. The van der Waals surface area contributed by atoms with E-state index in [2.05, 4.69) is 30.9 Å². The molecule has 0 aliphatic heterocycles. The van der Waals surface area contributed by atoms with Crippen LogP contribution in [0.5, 0.6) is 0 Å². The lowest BCUT2D eigenvalue weighted by atomic mass is 10.1. The largest absolute Gasteiger partial charge is 0.382 e. The number of nitrogens with zero attached hydrogens (tertiary/aromatic N) is 3. The molecule has 3 aromatic rings. The predicted octanol–water partition coefficient (Wildman–Crippen LogP) is 3.65. The Morgan fingerprint density at radius 2 is 1.85 bits per heavy atom. The van der Waals surface area contributed by atoms with Crippen molar-refractivity contribution in [3.8, 4) is 11.4 Å². The lowest BCUT2D eigenvalue weighted by molar-refractivity contribution is 1.19. The van der Waals surface area contributed by atoms with Crippen molar-refractivity contribution in [3.05, 3.63) is 46.2 Å². The van der Waals surface area contributed by atoms with Crippen molar-refractivity contribution in [1.82, 2.24) is 15.0 Å². The SMILES string of the molecule is Cc1ccc(Br)cc1-c1ncc2c(C)cnc(N)c2n1. The average Bonchev–Trinajstić information content (AvgIpc) is 2.45. The Hall–Kier alpha value is -2.01. The van der Waals surface area contributed by atoms with E-state index >= 15 is 0 Å². The Labute approximate surface area is 125 Å². The Bertz CT molecular complexity index is 814. The smallest absolute Gasteiger partial charge is 0.160 e. The molecule has 2 heterocycles. The number of nitrogen functional groups attached to an aromatic ring is 1. The van der Waals surface area contributed by atoms with Gasteiger partial charge in [0.05, 0.1) is 0 Å². The first-order chi connectivity index (χ1) is 9.56. The van der Waals surface area contributed by atoms with Crippen LogP contribution in [-0.2, 0) is 0 Å². The summed E-state index contributed by atoms with van der Waals surface area (Å²) in [4.78, 5) is 13.2. The third-order valence-corrected chi connectivity index (χ3v) is 3.79. The number of hydrogen-bond acceptors (Lipinski definition) is 4. The van der Waals surface area contributed by atoms with E-state index in [1.807, 2.05) is 38.2 Å². The maximum Gasteiger partial charge on any atom is 0.160 e. The molecular weight excluding hydrogens is 316 g/mol. The molecule has 0 saturated heterocycles. The number of aromatic nitrogens is 3. The highest BCUT2D eigenvalue weighted by Gasteiger charge is 2.10. The van der Waals surface area contributed by atoms with Gasteiger partial charge in [0.1, 0.15) is 11.3 Å². The standard InChI is InChI=1S/C15H13BrN4/c1-8-3-4-10(16)5-11(8)15-19-7-12-9(2)6-18-14(17)13(12)20-15/h3-7H,1-2H3,(H2,17,18). The second-order valence-electron chi connectivity index (χ2n) is 4.74. The van der Waals surface area contributed by atoms with Crippen LogP contribution in [0.4, 0.5) is 5.82 Å². The quantitative estimate of drug-likeness (QED) is 0.740. The van der Waals surface area contributed by atoms with Crippen molar-refractivity contribution < 1.29 is 0 Å². The maximum atomic E-state index is 5.93. The van der Waals surface area contributed by atoms with Crippen molar-refractivity contribution in [2.24, 2.45) is 0 Å². The van der Waals surface area contributed by atoms with Crippen LogP contribution in [0.25, 0.3) is 22.3 Å². The number of anilines is 1. The summed E-state index contributed by atoms with van der Waals surface area (Å²) in [5.41, 5.74) is 9.76. The van der Waals surface area contributed by atoms with Crippen molar-refractivity contribution in [2.75, 3.05) is 5.73 Å². The van der Waals surface area contributed by atoms with Crippen molar-refractivity contribution in [3.63, 3.8) is 0 Å². The number of pyridine rings is 1. The zero-order valence-electron chi connectivity index (χ0n) is 11.2. The van der Waals surface area contributed by atoms with E-state index in [1.54, 1.807) is 6.20 Å². The topological polar surface area (TPSA) is 64.7 Å². The molecule has 0 unspecified atom stereocenters. The first kappa shape index (κ1) is 13.0. The molecule has 0 aliphatic carbocycles. The maximum absolute atomic E-state index is 5.93. The number of nitrogens with two attached hydrogens (primary N) is 1. The van der Waals surface area contributed by atoms with Gasteiger partial charge in [0.25, 0.3) is 0 Å². The summed E-state index contributed by atoms with van der Waals surface area (Å²) in [6, 6.07) is 6.04. The van der Waals surface area contributed by atoms with E-state index < -0.39 is 0 Å². The van der Waals surface area contributed by atoms with Crippen LogP contribution in [0.1, 0.15) is 11.1 Å². The molecule has 0 amide bonds. The minimum Gasteiger partial charge on any atom is -0.382 e. The number of benzene rings is 1. The van der Waals surface area contributed by atoms with Gasteiger partial charge in [-0.3, -0.25) is 0 Å². The third-order valence-electron chi connectivity index (χ3n) is 3.29. The average molecular weight is 329 g/mol. The molecular formula is C15H13BrN4. The molecule has 0 aliphatic rings. The fourth-order valence-corrected chi connectivity index (χ4v) is 2.49. The summed E-state index contributed by atoms with van der Waals surface area (Å²) >= 11 is 3.48. The Kier molecular flexibility index (Phi) is 3.14. The minimum absolute atomic E-state index is 0.432. The van der Waals surface area contributed by atoms with Gasteiger partial charge in [-0.05, 0) is 37.1 Å². The van der Waals surface area contributed by atoms with E-state index in [4.69, 9.17) is 5.73 Å². The van der Waals surface area contributed by atoms with Crippen molar-refractivity contribution in [1.29, 1.82) is 0 Å². The van der Waals surface area contributed by atoms with Crippen molar-refractivity contribution >= 4 is 32.7 Å². The van der Waals surface area contributed by atoms with Gasteiger partial charge in [-0.15, -0.1) is 0 Å². The van der Waals surface area contributed by atoms with Crippen LogP contribution in [0, 0.1) is 13.8 Å². The zero-order valence-corrected chi connectivity index (χ0v) is 12.8. The second-order valence-corrected chi connectivity index (χ2v) is 5.66. The van der Waals surface area contributed by atoms with Crippen LogP contribution < -0.4 is 5.73 Å². The fraction of sp³-hybridized carbons (Fsp3) is 0.133. The van der Waals surface area contributed by atoms with Gasteiger partial charge in [-0.1, -0.05) is 22.0 Å². The van der Waals surface area contributed by atoms with E-state index in [1.165, 1.54) is 0 Å². The molecule has 0 radical (unpaired) electrons. The van der Waals surface area contributed by atoms with Gasteiger partial charge in [-0.2, -0.15) is 0 Å². The monoisotopic (exact) mass is 328 g/mol. The second kappa shape index (κ2) is 4.83. The molecule has 20 heavy (non-hydrogen) atoms. The zero-order chi connectivity index (χ0) is 14.3. The number of rotatable bonds is 1. The summed E-state index contributed by atoms with van der Waals surface area (Å²) < 4.78 is 0.997. The first-order valence-electron chi connectivity index (χ1n) is 6.20. The summed E-state index contributed by atoms with van der Waals surface area (Å²) in [6.07, 6.45) is 3.55. The van der Waals surface area contributed by atoms with Gasteiger partial charge in [0.2, 0.25) is 0 Å². The summed E-state index contributed by atoms with van der Waals surface area (Å²) in [5.74, 6) is 1.09. The van der Waals surface area contributed by atoms with Gasteiger partial charge >= 0.3 is 0 Å². The first-order valence-corrected chi connectivity index (χ1v) is 7.00. The van der Waals surface area contributed by atoms with E-state index in [0.29, 0.717) is 17.2 Å². The number of hydrogen-bond donors (Lipinski definition) is 1. The van der Waals surface area contributed by atoms with Gasteiger partial charge < -0.3 is 5.73 Å². The Morgan fingerprint density at radius 1 is 1.05 bits per heavy atom. The summed E-state index contributed by atoms with van der Waals surface area (Å²) in [5, 5.41) is 0.939. The molecule has 100 valence electrons. The highest BCUT2D eigenvalue weighted by atomic mass is 79.9. The van der Waals surface area contributed by atoms with Crippen molar-refractivity contribution in [2.45, 2.75) is 13.8 Å². The van der Waals surface area contributed by atoms with Gasteiger partial charge in [0, 0.05) is 27.8 Å². The number of aryl methyl sites for hydroxylation is 2. The lowest BCUT2D eigenvalue weighted by Gasteiger charge is -2.08. The number of fused-ring (bicyclic) bond motifs is 1. The van der Waals surface area contributed by atoms with Gasteiger partial charge in [-0.25, -0.2) is 15.0 Å². The molecule has 4 nitrogen and oxygen atoms in total. The normalized spacial score (nSPS) is 10.9. The Balaban J connectivity index is 2.28. The van der Waals surface area contributed by atoms with E-state index in [0.717, 1.165) is 26.5 Å². The lowest BCUT2D eigenvalue weighted by Crippen LogP contribution is -1.99. The molecule has 1 aromatic carbocycles. The molecule has 3 rings (SSSR count). The van der Waals surface area contributed by atoms with Crippen LogP contribution in [0.2, 0.25) is 0 Å². The van der Waals surface area contributed by atoms with Gasteiger partial charge in [0.15, 0.2) is 5.82 Å². The fourth-order valence-electron chi connectivity index (χ4n) is 2.13. The third kappa shape index (κ3) is 2.14. The summed E-state index contributed by atoms with van der Waals surface area (Å²) in [7, 11) is 0. The van der Waals surface area contributed by atoms with Crippen LogP contribution in [0.3, 0.4) is 0 Å². The molecule has 5 heteroatoms. The number of halogens is 1. The molecule has 2 N–H and O–H groups in total. The minimum atomic E-state index is 0.432. The highest BCUT2D eigenvalue weighted by molar-refractivity contribution is 9.10. The van der Waals surface area contributed by atoms with Crippen LogP contribution in [0.15, 0.2) is 35.1 Å². The van der Waals surface area contributed by atoms with Crippen LogP contribution >= 0.6 is 15.9 Å². The van der Waals surface area contributed by atoms with E-state index in [-0.39, 0.29) is 0 Å². The van der Waals surface area contributed by atoms with E-state index in [9.17, 15) is 0 Å². The van der Waals surface area contributed by atoms with Crippen LogP contribution in [-0.4, -0.2) is 15.0 Å². The molecule has 0 bridgehead atoms. The molecule has 0 spiro atoms. The molecule has 0 fully saturated rings. The predicted molar refractivity (Wildman–Crippen MR) is 84.4 cm³/mol. The molecule has 0 saturated carbocycles. The molecule has 0 atom stereocenters. The molecule has 2 aromatic heterocycles.